The minimum atomic E-state index is -2.16. The minimum absolute atomic E-state index is 0.682. The Labute approximate surface area is 259 Å². The second-order valence-corrected chi connectivity index (χ2v) is 33.3. The van der Waals surface area contributed by atoms with Crippen LogP contribution in [0.2, 0.25) is 0 Å². The van der Waals surface area contributed by atoms with E-state index in [0.29, 0.717) is 14.3 Å². The number of aromatic amines is 6. The number of aromatic nitrogens is 6. The fourth-order valence-corrected chi connectivity index (χ4v) is 15.9. The molecule has 0 saturated carbocycles. The zero-order chi connectivity index (χ0) is 28.7. The van der Waals surface area contributed by atoms with Gasteiger partial charge in [-0.2, -0.15) is 0 Å². The van der Waals surface area contributed by atoms with Crippen LogP contribution in [-0.4, -0.2) is 47.3 Å². The Hall–Kier alpha value is -2.87. The van der Waals surface area contributed by atoms with Crippen LogP contribution in [0.4, 0.5) is 0 Å². The number of para-hydroxylation sites is 6. The third kappa shape index (κ3) is 10.3. The number of nitrogens with one attached hydrogen (secondary N) is 6. The number of imidazole rings is 3. The summed E-state index contributed by atoms with van der Waals surface area (Å²) in [5, 5.41) is 30.3. The van der Waals surface area contributed by atoms with Crippen LogP contribution in [0.3, 0.4) is 0 Å². The van der Waals surface area contributed by atoms with Crippen molar-refractivity contribution in [3.8, 4) is 16.2 Å². The van der Waals surface area contributed by atoms with E-state index in [4.69, 9.17) is 52.4 Å². The standard InChI is InChI=1S/3C7H6N2S.3CHNS.Bi/c3*10-7-8-5-3-1-2-4-6(5)9-7;3*2-1-3;/h3*1-4H,(H2,8,9,10);3*3H;/q;;;;;;+3/p-3. The molecule has 3 aromatic carbocycles. The number of hydrogen-bond acceptors (Lipinski definition) is 9. The first-order valence-electron chi connectivity index (χ1n) is 10.9. The van der Waals surface area contributed by atoms with Crippen molar-refractivity contribution < 1.29 is 0 Å². The molecule has 0 radical (unpaired) electrons. The van der Waals surface area contributed by atoms with Gasteiger partial charge in [-0.05, 0) is 73.1 Å². The summed E-state index contributed by atoms with van der Waals surface area (Å²) < 4.78 is 2.05. The molecule has 16 heteroatoms. The first-order valence-corrected chi connectivity index (χ1v) is 27.2. The van der Waals surface area contributed by atoms with E-state index < -0.39 is 17.4 Å². The number of rotatable bonds is 3. The number of nitrogens with zero attached hydrogens (tertiary/aromatic N) is 3. The minimum Gasteiger partial charge on any atom is -0.331 e. The van der Waals surface area contributed by atoms with Gasteiger partial charge in [0.15, 0.2) is 14.3 Å². The molecule has 9 nitrogen and oxygen atoms in total. The van der Waals surface area contributed by atoms with Crippen LogP contribution >= 0.6 is 62.2 Å². The zero-order valence-corrected chi connectivity index (χ0v) is 28.5. The van der Waals surface area contributed by atoms with Crippen LogP contribution in [-0.2, 0) is 0 Å². The third-order valence-corrected chi connectivity index (χ3v) is 25.8. The average Bonchev–Trinajstić information content (AvgIpc) is 3.63. The maximum Gasteiger partial charge on any atom is 0.175 e. The fraction of sp³-hybridized carbons (Fsp3) is 0. The van der Waals surface area contributed by atoms with E-state index in [9.17, 15) is 0 Å². The Balaban J connectivity index is 0.000000147. The summed E-state index contributed by atoms with van der Waals surface area (Å²) in [5.41, 5.74) is 6.38. The summed E-state index contributed by atoms with van der Waals surface area (Å²) >= 11 is 12.5. The van der Waals surface area contributed by atoms with Crippen molar-refractivity contribution in [1.29, 1.82) is 15.8 Å². The first-order chi connectivity index (χ1) is 19.4. The molecule has 200 valence electrons. The van der Waals surface area contributed by atoms with Crippen LogP contribution in [0.1, 0.15) is 0 Å². The summed E-state index contributed by atoms with van der Waals surface area (Å²) in [6.07, 6.45) is 0. The molecule has 6 N–H and O–H groups in total. The van der Waals surface area contributed by atoms with Gasteiger partial charge in [0, 0.05) is 0 Å². The van der Waals surface area contributed by atoms with Crippen molar-refractivity contribution in [2.75, 3.05) is 0 Å². The van der Waals surface area contributed by atoms with E-state index in [0.717, 1.165) is 58.7 Å². The van der Waals surface area contributed by atoms with E-state index in [2.05, 4.69) is 29.9 Å². The number of fused-ring (bicyclic) bond motifs is 3. The molecule has 3 heterocycles. The molecule has 0 unspecified atom stereocenters. The molecule has 0 aliphatic heterocycles. The molecule has 0 aliphatic rings. The van der Waals surface area contributed by atoms with Crippen molar-refractivity contribution in [3.63, 3.8) is 0 Å². The Bertz CT molecular complexity index is 1640. The van der Waals surface area contributed by atoms with E-state index in [-0.39, 0.29) is 0 Å². The van der Waals surface area contributed by atoms with Crippen molar-refractivity contribution in [2.45, 2.75) is 0 Å². The van der Waals surface area contributed by atoms with Crippen LogP contribution < -0.4 is 0 Å². The van der Waals surface area contributed by atoms with E-state index in [1.807, 2.05) is 89.0 Å². The van der Waals surface area contributed by atoms with Gasteiger partial charge in [-0.15, -0.1) is 0 Å². The topological polar surface area (TPSA) is 166 Å². The molecule has 0 spiro atoms. The Morgan fingerprint density at radius 3 is 0.825 bits per heavy atom. The predicted octanol–water partition coefficient (Wildman–Crippen LogP) is 8.29. The van der Waals surface area contributed by atoms with Crippen LogP contribution in [0, 0.1) is 46.3 Å². The van der Waals surface area contributed by atoms with Gasteiger partial charge in [0.1, 0.15) is 0 Å². The molecule has 0 aliphatic carbocycles. The second kappa shape index (κ2) is 17.1. The van der Waals surface area contributed by atoms with Gasteiger partial charge in [0.2, 0.25) is 0 Å². The molecule has 0 amide bonds. The molecule has 0 atom stereocenters. The van der Waals surface area contributed by atoms with Gasteiger partial charge in [-0.1, -0.05) is 36.4 Å². The van der Waals surface area contributed by atoms with Gasteiger partial charge < -0.3 is 29.9 Å². The number of thiocyanates is 3. The molecular formula is C24H18BiN9S6. The van der Waals surface area contributed by atoms with Gasteiger partial charge in [0.05, 0.1) is 33.1 Å². The van der Waals surface area contributed by atoms with Crippen molar-refractivity contribution in [3.05, 3.63) is 87.1 Å². The van der Waals surface area contributed by atoms with E-state index in [1.54, 1.807) is 0 Å². The van der Waals surface area contributed by atoms with Crippen LogP contribution in [0.15, 0.2) is 72.8 Å². The van der Waals surface area contributed by atoms with Gasteiger partial charge in [0.25, 0.3) is 0 Å². The Kier molecular flexibility index (Phi) is 13.5. The summed E-state index contributed by atoms with van der Waals surface area (Å²) in [4.78, 5) is 18.1. The monoisotopic (exact) mass is 833 g/mol. The van der Waals surface area contributed by atoms with Gasteiger partial charge in [-0.3, -0.25) is 0 Å². The molecule has 6 rings (SSSR count). The summed E-state index contributed by atoms with van der Waals surface area (Å²) in [5.74, 6) is 0. The van der Waals surface area contributed by atoms with Crippen molar-refractivity contribution >= 4 is 113 Å². The van der Waals surface area contributed by atoms with Gasteiger partial charge in [-0.25, -0.2) is 0 Å². The number of hydrogen-bond donors (Lipinski definition) is 6. The normalized spacial score (nSPS) is 9.75. The smallest absolute Gasteiger partial charge is 0.175 e. The van der Waals surface area contributed by atoms with Gasteiger partial charge >= 0.3 is 74.9 Å². The van der Waals surface area contributed by atoms with Crippen molar-refractivity contribution in [1.82, 2.24) is 29.9 Å². The summed E-state index contributed by atoms with van der Waals surface area (Å²) in [7, 11) is 3.35. The summed E-state index contributed by atoms with van der Waals surface area (Å²) in [6, 6.07) is 23.8. The first kappa shape index (κ1) is 31.7. The largest absolute Gasteiger partial charge is 0.331 e. The molecule has 0 saturated heterocycles. The second-order valence-electron chi connectivity index (χ2n) is 7.15. The maximum absolute atomic E-state index is 8.21. The third-order valence-electron chi connectivity index (χ3n) is 4.62. The number of nitriles is 3. The molecule has 0 bridgehead atoms. The van der Waals surface area contributed by atoms with E-state index >= 15 is 0 Å². The number of H-pyrrole nitrogens is 6. The molecular weight excluding hydrogens is 816 g/mol. The SMILES string of the molecule is N#C[S][Bi]([S]C#N)[S]C#N.S=c1[nH]c2ccccc2[nH]1.S=c1[nH]c2ccccc2[nH]1.S=c1[nH]c2ccccc2[nH]1. The van der Waals surface area contributed by atoms with E-state index in [1.165, 1.54) is 0 Å². The number of benzene rings is 3. The van der Waals surface area contributed by atoms with Crippen LogP contribution in [0.25, 0.3) is 33.1 Å². The predicted molar refractivity (Wildman–Crippen MR) is 176 cm³/mol. The van der Waals surface area contributed by atoms with Crippen molar-refractivity contribution in [2.24, 2.45) is 0 Å². The molecule has 6 aromatic rings. The Morgan fingerprint density at radius 2 is 0.650 bits per heavy atom. The fourth-order valence-electron chi connectivity index (χ4n) is 3.09. The zero-order valence-electron chi connectivity index (χ0n) is 20.2. The average molecular weight is 834 g/mol. The maximum atomic E-state index is 8.21. The molecule has 40 heavy (non-hydrogen) atoms. The Morgan fingerprint density at radius 1 is 0.450 bits per heavy atom. The molecule has 3 aromatic heterocycles. The summed E-state index contributed by atoms with van der Waals surface area (Å²) in [6.45, 7) is 0. The quantitative estimate of drug-likeness (QED) is 0.0585. The van der Waals surface area contributed by atoms with Crippen LogP contribution in [0.5, 0.6) is 0 Å². The molecule has 0 fully saturated rings.